The van der Waals surface area contributed by atoms with E-state index in [0.29, 0.717) is 18.0 Å². The number of likely N-dealkylation sites (N-methyl/N-ethyl adjacent to an activating group) is 1. The van der Waals surface area contributed by atoms with E-state index in [1.54, 1.807) is 14.2 Å². The number of methoxy groups -OCH3 is 2. The number of amides is 2. The number of urea groups is 1. The van der Waals surface area contributed by atoms with Crippen LogP contribution in [0.5, 0.6) is 11.5 Å². The minimum absolute atomic E-state index is 0.0579. The summed E-state index contributed by atoms with van der Waals surface area (Å²) >= 11 is 0. The first-order valence-corrected chi connectivity index (χ1v) is 11.1. The van der Waals surface area contributed by atoms with E-state index in [4.69, 9.17) is 9.47 Å². The number of anilines is 1. The van der Waals surface area contributed by atoms with Crippen LogP contribution in [0.2, 0.25) is 0 Å². The summed E-state index contributed by atoms with van der Waals surface area (Å²) in [6.45, 7) is 3.35. The standard InChI is InChI=1S/C25H32N4O3/c1-28(13-9-19-17-26-21-8-5-4-7-20(19)21)11-6-12-29-14-10-18-15-23(31-2)24(32-3)16-22(18)27-25(29)30/h4-5,7-8,15-17,26H,6,9-14H2,1-3H3,(H,27,30). The third-order valence-electron chi connectivity index (χ3n) is 6.19. The molecule has 32 heavy (non-hydrogen) atoms. The zero-order valence-electron chi connectivity index (χ0n) is 19.1. The summed E-state index contributed by atoms with van der Waals surface area (Å²) in [6, 6.07) is 12.2. The molecule has 0 saturated carbocycles. The van der Waals surface area contributed by atoms with Crippen molar-refractivity contribution in [3.05, 3.63) is 53.7 Å². The molecule has 2 aromatic carbocycles. The Labute approximate surface area is 189 Å². The molecular formula is C25H32N4O3. The largest absolute Gasteiger partial charge is 0.493 e. The maximum Gasteiger partial charge on any atom is 0.321 e. The van der Waals surface area contributed by atoms with Gasteiger partial charge in [-0.25, -0.2) is 4.79 Å². The Morgan fingerprint density at radius 2 is 1.88 bits per heavy atom. The van der Waals surface area contributed by atoms with Crippen molar-refractivity contribution in [2.45, 2.75) is 19.3 Å². The molecular weight excluding hydrogens is 404 g/mol. The van der Waals surface area contributed by atoms with E-state index >= 15 is 0 Å². The molecule has 1 aliphatic heterocycles. The molecule has 0 spiro atoms. The summed E-state index contributed by atoms with van der Waals surface area (Å²) in [5, 5.41) is 4.33. The quantitative estimate of drug-likeness (QED) is 0.529. The molecule has 0 aliphatic carbocycles. The number of carbonyl (C=O) groups excluding carboxylic acids is 1. The van der Waals surface area contributed by atoms with Gasteiger partial charge in [0.2, 0.25) is 0 Å². The molecule has 0 atom stereocenters. The highest BCUT2D eigenvalue weighted by atomic mass is 16.5. The molecule has 0 unspecified atom stereocenters. The van der Waals surface area contributed by atoms with Crippen molar-refractivity contribution in [3.8, 4) is 11.5 Å². The molecule has 0 fully saturated rings. The summed E-state index contributed by atoms with van der Waals surface area (Å²) in [5.41, 5.74) is 4.40. The van der Waals surface area contributed by atoms with Crippen LogP contribution in [0, 0.1) is 0 Å². The Morgan fingerprint density at radius 1 is 1.09 bits per heavy atom. The Kier molecular flexibility index (Phi) is 6.85. The Hall–Kier alpha value is -3.19. The number of H-pyrrole nitrogens is 1. The lowest BCUT2D eigenvalue weighted by Crippen LogP contribution is -2.36. The predicted octanol–water partition coefficient (Wildman–Crippen LogP) is 4.14. The first kappa shape index (κ1) is 22.0. The highest BCUT2D eigenvalue weighted by Gasteiger charge is 2.22. The van der Waals surface area contributed by atoms with Crippen molar-refractivity contribution < 1.29 is 14.3 Å². The second-order valence-electron chi connectivity index (χ2n) is 8.30. The van der Waals surface area contributed by atoms with Crippen molar-refractivity contribution in [3.63, 3.8) is 0 Å². The summed E-state index contributed by atoms with van der Waals surface area (Å²) in [5.74, 6) is 1.31. The number of aromatic amines is 1. The van der Waals surface area contributed by atoms with Gasteiger partial charge >= 0.3 is 6.03 Å². The molecule has 3 aromatic rings. The normalized spacial score (nSPS) is 13.8. The molecule has 2 amide bonds. The number of ether oxygens (including phenoxy) is 2. The SMILES string of the molecule is COc1cc2c(cc1OC)NC(=O)N(CCCN(C)CCc1c[nH]c3ccccc13)CC2. The van der Waals surface area contributed by atoms with E-state index < -0.39 is 0 Å². The first-order valence-electron chi connectivity index (χ1n) is 11.1. The molecule has 7 heteroatoms. The van der Waals surface area contributed by atoms with Gasteiger partial charge in [0.15, 0.2) is 11.5 Å². The van der Waals surface area contributed by atoms with E-state index in [2.05, 4.69) is 52.7 Å². The third-order valence-corrected chi connectivity index (χ3v) is 6.19. The van der Waals surface area contributed by atoms with Crippen LogP contribution in [0.1, 0.15) is 17.5 Å². The molecule has 4 rings (SSSR count). The topological polar surface area (TPSA) is 69.8 Å². The first-order chi connectivity index (χ1) is 15.6. The molecule has 0 bridgehead atoms. The van der Waals surface area contributed by atoms with Gasteiger partial charge in [0.05, 0.1) is 14.2 Å². The highest BCUT2D eigenvalue weighted by Crippen LogP contribution is 2.34. The van der Waals surface area contributed by atoms with Crippen LogP contribution in [0.25, 0.3) is 10.9 Å². The van der Waals surface area contributed by atoms with E-state index in [0.717, 1.165) is 50.1 Å². The van der Waals surface area contributed by atoms with Gasteiger partial charge in [-0.05, 0) is 56.1 Å². The van der Waals surface area contributed by atoms with Crippen LogP contribution in [0.4, 0.5) is 10.5 Å². The van der Waals surface area contributed by atoms with E-state index in [-0.39, 0.29) is 6.03 Å². The predicted molar refractivity (Wildman–Crippen MR) is 128 cm³/mol. The Balaban J connectivity index is 1.27. The molecule has 170 valence electrons. The van der Waals surface area contributed by atoms with Crippen LogP contribution < -0.4 is 14.8 Å². The fourth-order valence-electron chi connectivity index (χ4n) is 4.30. The van der Waals surface area contributed by atoms with Gasteiger partial charge in [-0.1, -0.05) is 18.2 Å². The number of para-hydroxylation sites is 1. The summed E-state index contributed by atoms with van der Waals surface area (Å²) in [7, 11) is 5.37. The maximum atomic E-state index is 12.7. The molecule has 1 aromatic heterocycles. The van der Waals surface area contributed by atoms with Crippen LogP contribution in [0.3, 0.4) is 0 Å². The number of fused-ring (bicyclic) bond motifs is 2. The molecule has 0 saturated heterocycles. The van der Waals surface area contributed by atoms with Gasteiger partial charge in [-0.15, -0.1) is 0 Å². The minimum Gasteiger partial charge on any atom is -0.493 e. The van der Waals surface area contributed by atoms with Crippen molar-refractivity contribution >= 4 is 22.6 Å². The molecule has 7 nitrogen and oxygen atoms in total. The Morgan fingerprint density at radius 3 is 2.69 bits per heavy atom. The zero-order chi connectivity index (χ0) is 22.5. The minimum atomic E-state index is -0.0579. The number of nitrogens with one attached hydrogen (secondary N) is 2. The van der Waals surface area contributed by atoms with Crippen molar-refractivity contribution in [1.82, 2.24) is 14.8 Å². The van der Waals surface area contributed by atoms with E-state index in [1.807, 2.05) is 17.0 Å². The number of carbonyl (C=O) groups is 1. The summed E-state index contributed by atoms with van der Waals surface area (Å²) < 4.78 is 10.8. The fraction of sp³-hybridized carbons (Fsp3) is 0.400. The lowest BCUT2D eigenvalue weighted by molar-refractivity contribution is 0.209. The third kappa shape index (κ3) is 4.83. The van der Waals surface area contributed by atoms with E-state index in [1.165, 1.54) is 16.5 Å². The average molecular weight is 437 g/mol. The van der Waals surface area contributed by atoms with Crippen molar-refractivity contribution in [1.29, 1.82) is 0 Å². The highest BCUT2D eigenvalue weighted by molar-refractivity contribution is 5.91. The fourth-order valence-corrected chi connectivity index (χ4v) is 4.30. The van der Waals surface area contributed by atoms with Crippen LogP contribution in [-0.4, -0.2) is 68.3 Å². The number of nitrogens with zero attached hydrogens (tertiary/aromatic N) is 2. The smallest absolute Gasteiger partial charge is 0.321 e. The number of hydrogen-bond donors (Lipinski definition) is 2. The maximum absolute atomic E-state index is 12.7. The average Bonchev–Trinajstić information content (AvgIpc) is 3.16. The Bertz CT molecular complexity index is 1080. The van der Waals surface area contributed by atoms with Gasteiger partial charge in [0.1, 0.15) is 0 Å². The summed E-state index contributed by atoms with van der Waals surface area (Å²) in [4.78, 5) is 20.3. The monoisotopic (exact) mass is 436 g/mol. The number of hydrogen-bond acceptors (Lipinski definition) is 4. The molecule has 0 radical (unpaired) electrons. The van der Waals surface area contributed by atoms with Crippen LogP contribution in [0.15, 0.2) is 42.6 Å². The molecule has 1 aliphatic rings. The zero-order valence-corrected chi connectivity index (χ0v) is 19.1. The number of rotatable bonds is 9. The van der Waals surface area contributed by atoms with Crippen LogP contribution >= 0.6 is 0 Å². The van der Waals surface area contributed by atoms with Crippen LogP contribution in [-0.2, 0) is 12.8 Å². The van der Waals surface area contributed by atoms with Gasteiger partial charge in [0, 0.05) is 48.5 Å². The lowest BCUT2D eigenvalue weighted by atomic mass is 10.1. The van der Waals surface area contributed by atoms with E-state index in [9.17, 15) is 4.79 Å². The van der Waals surface area contributed by atoms with Gasteiger partial charge in [-0.3, -0.25) is 0 Å². The lowest BCUT2D eigenvalue weighted by Gasteiger charge is -2.22. The second-order valence-corrected chi connectivity index (χ2v) is 8.30. The molecule has 2 heterocycles. The number of aromatic nitrogens is 1. The van der Waals surface area contributed by atoms with Gasteiger partial charge in [0.25, 0.3) is 0 Å². The second kappa shape index (κ2) is 9.96. The number of benzene rings is 2. The summed E-state index contributed by atoms with van der Waals surface area (Å²) in [6.07, 6.45) is 4.83. The van der Waals surface area contributed by atoms with Crippen molar-refractivity contribution in [2.24, 2.45) is 0 Å². The van der Waals surface area contributed by atoms with Gasteiger partial charge < -0.3 is 29.6 Å². The van der Waals surface area contributed by atoms with Crippen molar-refractivity contribution in [2.75, 3.05) is 52.8 Å². The van der Waals surface area contributed by atoms with Gasteiger partial charge in [-0.2, -0.15) is 0 Å². The molecule has 2 N–H and O–H groups in total.